The van der Waals surface area contributed by atoms with Crippen LogP contribution in [0.3, 0.4) is 0 Å². The van der Waals surface area contributed by atoms with E-state index in [-0.39, 0.29) is 12.0 Å². The third-order valence-electron chi connectivity index (χ3n) is 2.22. The number of hydroxylamine groups is 1. The van der Waals surface area contributed by atoms with Gasteiger partial charge >= 0.3 is 0 Å². The van der Waals surface area contributed by atoms with E-state index in [1.54, 1.807) is 0 Å². The fraction of sp³-hybridized carbons (Fsp3) is 0.273. The molecule has 2 N–H and O–H groups in total. The summed E-state index contributed by atoms with van der Waals surface area (Å²) in [6, 6.07) is 9.86. The molecule has 1 aliphatic heterocycles. The third-order valence-corrected chi connectivity index (χ3v) is 2.22. The highest BCUT2D eigenvalue weighted by Gasteiger charge is 2.23. The van der Waals surface area contributed by atoms with Crippen molar-refractivity contribution in [1.29, 1.82) is 0 Å². The number of hydrogen-bond donors (Lipinski definition) is 2. The Morgan fingerprint density at radius 2 is 2.25 bits per heavy atom. The lowest BCUT2D eigenvalue weighted by atomic mass is 10.1. The van der Waals surface area contributed by atoms with Gasteiger partial charge in [0.2, 0.25) is 5.91 Å². The molecule has 1 unspecified atom stereocenters. The first-order chi connectivity index (χ1) is 7.75. The zero-order valence-electron chi connectivity index (χ0n) is 8.93. The van der Waals surface area contributed by atoms with Crippen molar-refractivity contribution < 1.29 is 9.63 Å². The minimum atomic E-state index is -0.197. The Bertz CT molecular complexity index is 403. The molecule has 0 bridgehead atoms. The van der Waals surface area contributed by atoms with Crippen molar-refractivity contribution in [1.82, 2.24) is 10.9 Å². The van der Waals surface area contributed by atoms with Crippen LogP contribution in [0.1, 0.15) is 25.0 Å². The standard InChI is InChI=1S/C11H13N3O2/c1-8(15)12-13-11-7-10(16-14-11)9-5-3-2-4-6-9/h2-6,10H,7H2,1H3,(H,12,15)(H,13,14). The first-order valence-corrected chi connectivity index (χ1v) is 5.05. The van der Waals surface area contributed by atoms with Crippen LogP contribution in [0.15, 0.2) is 35.4 Å². The number of nitrogens with zero attached hydrogens (tertiary/aromatic N) is 1. The Morgan fingerprint density at radius 1 is 1.50 bits per heavy atom. The number of rotatable bonds is 2. The summed E-state index contributed by atoms with van der Waals surface area (Å²) in [4.78, 5) is 16.0. The summed E-state index contributed by atoms with van der Waals surface area (Å²) in [5.41, 5.74) is 6.15. The van der Waals surface area contributed by atoms with Gasteiger partial charge < -0.3 is 0 Å². The van der Waals surface area contributed by atoms with E-state index in [0.717, 1.165) is 5.56 Å². The Morgan fingerprint density at radius 3 is 2.94 bits per heavy atom. The molecule has 1 saturated heterocycles. The highest BCUT2D eigenvalue weighted by molar-refractivity contribution is 5.84. The van der Waals surface area contributed by atoms with Gasteiger partial charge in [0.15, 0.2) is 0 Å². The van der Waals surface area contributed by atoms with E-state index in [1.165, 1.54) is 6.92 Å². The number of nitrogens with one attached hydrogen (secondary N) is 2. The third kappa shape index (κ3) is 2.58. The maximum atomic E-state index is 10.7. The molecule has 0 saturated carbocycles. The van der Waals surface area contributed by atoms with Gasteiger partial charge in [-0.25, -0.2) is 5.43 Å². The minimum absolute atomic E-state index is 0.0475. The fourth-order valence-electron chi connectivity index (χ4n) is 1.47. The van der Waals surface area contributed by atoms with Gasteiger partial charge in [-0.05, 0) is 5.56 Å². The Hall–Kier alpha value is -1.88. The van der Waals surface area contributed by atoms with Crippen LogP contribution in [0, 0.1) is 0 Å². The molecule has 5 heteroatoms. The van der Waals surface area contributed by atoms with E-state index in [1.807, 2.05) is 30.3 Å². The van der Waals surface area contributed by atoms with Crippen molar-refractivity contribution in [3.8, 4) is 0 Å². The maximum Gasteiger partial charge on any atom is 0.237 e. The number of amidine groups is 1. The molecular weight excluding hydrogens is 206 g/mol. The Balaban J connectivity index is 1.98. The largest absolute Gasteiger partial charge is 0.274 e. The molecule has 84 valence electrons. The van der Waals surface area contributed by atoms with Crippen LogP contribution >= 0.6 is 0 Å². The van der Waals surface area contributed by atoms with Crippen LogP contribution in [0.5, 0.6) is 0 Å². The van der Waals surface area contributed by atoms with Crippen molar-refractivity contribution >= 4 is 11.7 Å². The monoisotopic (exact) mass is 219 g/mol. The van der Waals surface area contributed by atoms with Crippen molar-refractivity contribution in [3.63, 3.8) is 0 Å². The zero-order valence-corrected chi connectivity index (χ0v) is 8.93. The van der Waals surface area contributed by atoms with Crippen molar-refractivity contribution in [2.24, 2.45) is 5.10 Å². The molecule has 1 aromatic carbocycles. The summed E-state index contributed by atoms with van der Waals surface area (Å²) in [6.07, 6.45) is 0.582. The zero-order chi connectivity index (χ0) is 11.4. The van der Waals surface area contributed by atoms with E-state index in [0.29, 0.717) is 12.3 Å². The predicted octanol–water partition coefficient (Wildman–Crippen LogP) is 1.10. The van der Waals surface area contributed by atoms with Gasteiger partial charge in [-0.1, -0.05) is 30.3 Å². The summed E-state index contributed by atoms with van der Waals surface area (Å²) in [7, 11) is 0. The SMILES string of the molecule is CC(=O)N/N=C1/CC(c2ccccc2)ON1. The number of carbonyl (C=O) groups excluding carboxylic acids is 1. The molecular formula is C11H13N3O2. The van der Waals surface area contributed by atoms with Gasteiger partial charge in [-0.2, -0.15) is 5.10 Å². The first-order valence-electron chi connectivity index (χ1n) is 5.05. The molecule has 1 fully saturated rings. The second kappa shape index (κ2) is 4.76. The average Bonchev–Trinajstić information content (AvgIpc) is 2.76. The molecule has 5 nitrogen and oxygen atoms in total. The molecule has 0 aliphatic carbocycles. The smallest absolute Gasteiger partial charge is 0.237 e. The Kier molecular flexibility index (Phi) is 3.16. The molecule has 1 atom stereocenters. The summed E-state index contributed by atoms with van der Waals surface area (Å²) < 4.78 is 0. The summed E-state index contributed by atoms with van der Waals surface area (Å²) in [5.74, 6) is 0.432. The van der Waals surface area contributed by atoms with Crippen LogP contribution < -0.4 is 10.9 Å². The Labute approximate surface area is 93.4 Å². The van der Waals surface area contributed by atoms with Gasteiger partial charge in [0.25, 0.3) is 0 Å². The number of carbonyl (C=O) groups is 1. The van der Waals surface area contributed by atoms with Gasteiger partial charge in [-0.3, -0.25) is 15.1 Å². The van der Waals surface area contributed by atoms with Crippen LogP contribution in [0.4, 0.5) is 0 Å². The second-order valence-electron chi connectivity index (χ2n) is 3.55. The van der Waals surface area contributed by atoms with Crippen LogP contribution in [-0.4, -0.2) is 11.7 Å². The lowest BCUT2D eigenvalue weighted by Crippen LogP contribution is -2.20. The topological polar surface area (TPSA) is 62.7 Å². The number of hydrazone groups is 1. The normalized spacial score (nSPS) is 21.8. The predicted molar refractivity (Wildman–Crippen MR) is 59.3 cm³/mol. The van der Waals surface area contributed by atoms with Crippen LogP contribution in [0.25, 0.3) is 0 Å². The first kappa shape index (κ1) is 10.6. The second-order valence-corrected chi connectivity index (χ2v) is 3.55. The molecule has 1 heterocycles. The summed E-state index contributed by atoms with van der Waals surface area (Å²) in [6.45, 7) is 1.41. The van der Waals surface area contributed by atoms with E-state index >= 15 is 0 Å². The molecule has 0 spiro atoms. The van der Waals surface area contributed by atoms with Gasteiger partial charge in [0.05, 0.1) is 0 Å². The van der Waals surface area contributed by atoms with E-state index in [9.17, 15) is 4.79 Å². The van der Waals surface area contributed by atoms with Gasteiger partial charge in [0, 0.05) is 13.3 Å². The molecule has 16 heavy (non-hydrogen) atoms. The molecule has 1 aliphatic rings. The number of benzene rings is 1. The molecule has 0 aromatic heterocycles. The van der Waals surface area contributed by atoms with Crippen molar-refractivity contribution in [3.05, 3.63) is 35.9 Å². The fourth-order valence-corrected chi connectivity index (χ4v) is 1.47. The van der Waals surface area contributed by atoms with Gasteiger partial charge in [0.1, 0.15) is 11.9 Å². The lowest BCUT2D eigenvalue weighted by Gasteiger charge is -2.05. The molecule has 2 rings (SSSR count). The maximum absolute atomic E-state index is 10.7. The molecule has 1 aromatic rings. The lowest BCUT2D eigenvalue weighted by molar-refractivity contribution is -0.118. The number of amides is 1. The number of hydrogen-bond acceptors (Lipinski definition) is 3. The van der Waals surface area contributed by atoms with E-state index in [4.69, 9.17) is 4.84 Å². The molecule has 1 amide bonds. The quantitative estimate of drug-likeness (QED) is 0.732. The summed E-state index contributed by atoms with van der Waals surface area (Å²) in [5, 5.41) is 3.88. The minimum Gasteiger partial charge on any atom is -0.274 e. The van der Waals surface area contributed by atoms with Crippen molar-refractivity contribution in [2.45, 2.75) is 19.4 Å². The average molecular weight is 219 g/mol. The van der Waals surface area contributed by atoms with E-state index in [2.05, 4.69) is 16.0 Å². The highest BCUT2D eigenvalue weighted by atomic mass is 16.7. The summed E-state index contributed by atoms with van der Waals surface area (Å²) >= 11 is 0. The van der Waals surface area contributed by atoms with Crippen LogP contribution in [0.2, 0.25) is 0 Å². The van der Waals surface area contributed by atoms with Crippen molar-refractivity contribution in [2.75, 3.05) is 0 Å². The van der Waals surface area contributed by atoms with Crippen LogP contribution in [-0.2, 0) is 9.63 Å². The molecule has 0 radical (unpaired) electrons. The van der Waals surface area contributed by atoms with E-state index < -0.39 is 0 Å². The highest BCUT2D eigenvalue weighted by Crippen LogP contribution is 2.23. The van der Waals surface area contributed by atoms with Gasteiger partial charge in [-0.15, -0.1) is 0 Å².